The van der Waals surface area contributed by atoms with Gasteiger partial charge in [-0.05, 0) is 18.2 Å². The molecule has 3 aromatic rings. The van der Waals surface area contributed by atoms with E-state index in [1.165, 1.54) is 23.3 Å². The molecule has 0 atom stereocenters. The van der Waals surface area contributed by atoms with Crippen LogP contribution >= 0.6 is 11.3 Å². The molecule has 1 aliphatic heterocycles. The summed E-state index contributed by atoms with van der Waals surface area (Å²) in [4.78, 5) is 39.9. The molecule has 1 aliphatic rings. The van der Waals surface area contributed by atoms with Crippen molar-refractivity contribution in [1.29, 1.82) is 0 Å². The van der Waals surface area contributed by atoms with Gasteiger partial charge in [0.15, 0.2) is 0 Å². The maximum absolute atomic E-state index is 12.9. The number of hydrogen-bond acceptors (Lipinski definition) is 6. The number of ether oxygens (including phenoxy) is 2. The van der Waals surface area contributed by atoms with Crippen LogP contribution < -0.4 is 0 Å². The third kappa shape index (κ3) is 3.10. The van der Waals surface area contributed by atoms with Crippen LogP contribution in [-0.2, 0) is 14.3 Å². The monoisotopic (exact) mass is 398 g/mol. The van der Waals surface area contributed by atoms with Crippen LogP contribution in [-0.4, -0.2) is 60.5 Å². The Balaban J connectivity index is 1.80. The highest BCUT2D eigenvalue weighted by molar-refractivity contribution is 7.21. The third-order valence-corrected chi connectivity index (χ3v) is 5.79. The van der Waals surface area contributed by atoms with Crippen LogP contribution in [0.1, 0.15) is 20.2 Å². The Bertz CT molecular complexity index is 1060. The van der Waals surface area contributed by atoms with Gasteiger partial charge < -0.3 is 18.9 Å². The molecule has 0 radical (unpaired) electrons. The normalized spacial score (nSPS) is 14.2. The van der Waals surface area contributed by atoms with Crippen LogP contribution in [0.3, 0.4) is 0 Å². The van der Waals surface area contributed by atoms with Crippen LogP contribution in [0, 0.1) is 0 Å². The van der Waals surface area contributed by atoms with Gasteiger partial charge >= 0.3 is 5.97 Å². The smallest absolute Gasteiger partial charge is 0.350 e. The zero-order valence-electron chi connectivity index (χ0n) is 15.2. The highest BCUT2D eigenvalue weighted by Gasteiger charge is 2.29. The molecule has 0 bridgehead atoms. The van der Waals surface area contributed by atoms with Crippen molar-refractivity contribution in [2.45, 2.75) is 0 Å². The van der Waals surface area contributed by atoms with E-state index in [0.717, 1.165) is 10.1 Å². The van der Waals surface area contributed by atoms with Crippen molar-refractivity contribution in [3.05, 3.63) is 53.2 Å². The Morgan fingerprint density at radius 2 is 1.82 bits per heavy atom. The number of Topliss-reactive ketones (excluding diaryl/α,β-unsaturated/α-hetero) is 1. The van der Waals surface area contributed by atoms with Crippen molar-refractivity contribution in [1.82, 2.24) is 9.47 Å². The number of carbonyl (C=O) groups is 3. The Kier molecular flexibility index (Phi) is 4.97. The summed E-state index contributed by atoms with van der Waals surface area (Å²) in [5.41, 5.74) is 0.765. The quantitative estimate of drug-likeness (QED) is 0.383. The number of ketones is 1. The average molecular weight is 398 g/mol. The number of nitrogens with zero attached hydrogens (tertiary/aromatic N) is 2. The van der Waals surface area contributed by atoms with Crippen molar-refractivity contribution < 1.29 is 23.9 Å². The molecule has 7 nitrogen and oxygen atoms in total. The highest BCUT2D eigenvalue weighted by Crippen LogP contribution is 2.35. The number of morpholine rings is 1. The van der Waals surface area contributed by atoms with E-state index in [2.05, 4.69) is 0 Å². The lowest BCUT2D eigenvalue weighted by Gasteiger charge is -2.26. The van der Waals surface area contributed by atoms with E-state index in [0.29, 0.717) is 36.9 Å². The maximum atomic E-state index is 12.9. The summed E-state index contributed by atoms with van der Waals surface area (Å²) in [6.07, 6.45) is 1.68. The summed E-state index contributed by atoms with van der Waals surface area (Å²) in [5, 5.41) is 0.817. The first kappa shape index (κ1) is 18.4. The second kappa shape index (κ2) is 7.57. The van der Waals surface area contributed by atoms with Crippen LogP contribution in [0.5, 0.6) is 0 Å². The molecule has 0 unspecified atom stereocenters. The second-order valence-corrected chi connectivity index (χ2v) is 7.32. The van der Waals surface area contributed by atoms with Gasteiger partial charge in [-0.25, -0.2) is 4.79 Å². The van der Waals surface area contributed by atoms with E-state index in [-0.39, 0.29) is 5.69 Å². The summed E-state index contributed by atoms with van der Waals surface area (Å²) in [7, 11) is 1.32. The molecule has 8 heteroatoms. The molecular formula is C20H18N2O5S. The summed E-state index contributed by atoms with van der Waals surface area (Å²) in [6, 6.07) is 10.8. The number of esters is 1. The molecular weight excluding hydrogens is 380 g/mol. The molecule has 4 rings (SSSR count). The summed E-state index contributed by atoms with van der Waals surface area (Å²) in [6.45, 7) is 1.61. The number of rotatable bonds is 4. The Morgan fingerprint density at radius 1 is 1.07 bits per heavy atom. The Labute approximate surface area is 165 Å². The van der Waals surface area contributed by atoms with E-state index in [1.807, 2.05) is 24.3 Å². The number of aromatic nitrogens is 1. The molecule has 1 aromatic carbocycles. The fraction of sp³-hybridized carbons (Fsp3) is 0.250. The van der Waals surface area contributed by atoms with E-state index in [4.69, 9.17) is 9.47 Å². The number of amides is 1. The largest absolute Gasteiger partial charge is 0.465 e. The van der Waals surface area contributed by atoms with Gasteiger partial charge in [-0.3, -0.25) is 9.59 Å². The second-order valence-electron chi connectivity index (χ2n) is 6.26. The first-order valence-corrected chi connectivity index (χ1v) is 9.62. The van der Waals surface area contributed by atoms with Gasteiger partial charge in [0.1, 0.15) is 4.88 Å². The number of methoxy groups -OCH3 is 1. The zero-order chi connectivity index (χ0) is 19.7. The number of benzene rings is 1. The number of hydrogen-bond donors (Lipinski definition) is 0. The molecule has 0 aliphatic carbocycles. The molecule has 144 valence electrons. The van der Waals surface area contributed by atoms with Crippen molar-refractivity contribution in [2.24, 2.45) is 0 Å². The van der Waals surface area contributed by atoms with E-state index < -0.39 is 17.7 Å². The summed E-state index contributed by atoms with van der Waals surface area (Å²) in [5.74, 6) is -1.66. The fourth-order valence-corrected chi connectivity index (χ4v) is 4.40. The molecule has 1 saturated heterocycles. The molecule has 28 heavy (non-hydrogen) atoms. The zero-order valence-corrected chi connectivity index (χ0v) is 16.0. The van der Waals surface area contributed by atoms with Crippen LogP contribution in [0.4, 0.5) is 0 Å². The Morgan fingerprint density at radius 3 is 2.57 bits per heavy atom. The minimum atomic E-state index is -0.613. The number of carbonyl (C=O) groups excluding carboxylic acids is 3. The summed E-state index contributed by atoms with van der Waals surface area (Å²) < 4.78 is 12.7. The predicted molar refractivity (Wildman–Crippen MR) is 104 cm³/mol. The van der Waals surface area contributed by atoms with Crippen LogP contribution in [0.15, 0.2) is 42.6 Å². The highest BCUT2D eigenvalue weighted by atomic mass is 32.1. The predicted octanol–water partition coefficient (Wildman–Crippen LogP) is 2.52. The molecule has 3 heterocycles. The van der Waals surface area contributed by atoms with Crippen molar-refractivity contribution in [2.75, 3.05) is 33.4 Å². The molecule has 0 N–H and O–H groups in total. The molecule has 1 amide bonds. The minimum Gasteiger partial charge on any atom is -0.465 e. The maximum Gasteiger partial charge on any atom is 0.350 e. The summed E-state index contributed by atoms with van der Waals surface area (Å²) >= 11 is 1.29. The topological polar surface area (TPSA) is 77.8 Å². The molecule has 2 aromatic heterocycles. The Hall–Kier alpha value is -2.97. The lowest BCUT2D eigenvalue weighted by molar-refractivity contribution is -0.130. The van der Waals surface area contributed by atoms with Gasteiger partial charge in [-0.15, -0.1) is 11.3 Å². The lowest BCUT2D eigenvalue weighted by atomic mass is 10.2. The molecule has 0 saturated carbocycles. The van der Waals surface area contributed by atoms with E-state index >= 15 is 0 Å². The van der Waals surface area contributed by atoms with Gasteiger partial charge in [0, 0.05) is 29.4 Å². The average Bonchev–Trinajstić information content (AvgIpc) is 3.37. The van der Waals surface area contributed by atoms with Gasteiger partial charge in [0.2, 0.25) is 0 Å². The molecule has 1 fully saturated rings. The first-order valence-electron chi connectivity index (χ1n) is 8.80. The van der Waals surface area contributed by atoms with E-state index in [1.54, 1.807) is 22.9 Å². The van der Waals surface area contributed by atoms with Crippen LogP contribution in [0.2, 0.25) is 0 Å². The van der Waals surface area contributed by atoms with Gasteiger partial charge in [0.05, 0.1) is 31.7 Å². The van der Waals surface area contributed by atoms with Crippen molar-refractivity contribution >= 4 is 39.1 Å². The number of fused-ring (bicyclic) bond motifs is 1. The lowest BCUT2D eigenvalue weighted by Crippen LogP contribution is -2.44. The fourth-order valence-electron chi connectivity index (χ4n) is 3.28. The van der Waals surface area contributed by atoms with Crippen molar-refractivity contribution in [3.63, 3.8) is 0 Å². The third-order valence-electron chi connectivity index (χ3n) is 4.65. The van der Waals surface area contributed by atoms with Gasteiger partial charge in [0.25, 0.3) is 11.7 Å². The number of thiophene rings is 1. The van der Waals surface area contributed by atoms with Crippen LogP contribution in [0.25, 0.3) is 15.8 Å². The van der Waals surface area contributed by atoms with Gasteiger partial charge in [-0.1, -0.05) is 18.2 Å². The minimum absolute atomic E-state index is 0.213. The van der Waals surface area contributed by atoms with Gasteiger partial charge in [-0.2, -0.15) is 0 Å². The molecule has 0 spiro atoms. The SMILES string of the molecule is COC(=O)c1sc2ccccc2c1-n1cccc1C(=O)C(=O)N1CCOCC1. The standard InChI is InChI=1S/C20H18N2O5S/c1-26-20(25)18-16(13-5-2-3-7-15(13)28-18)22-8-4-6-14(22)17(23)19(24)21-9-11-27-12-10-21/h2-8H,9-12H2,1H3. The first-order chi connectivity index (χ1) is 13.6. The van der Waals surface area contributed by atoms with E-state index in [9.17, 15) is 14.4 Å². The van der Waals surface area contributed by atoms with Crippen molar-refractivity contribution in [3.8, 4) is 5.69 Å².